The lowest BCUT2D eigenvalue weighted by atomic mass is 10.5. The van der Waals surface area contributed by atoms with Crippen LogP contribution in [0.25, 0.3) is 0 Å². The molecule has 0 aliphatic carbocycles. The molecule has 0 saturated carbocycles. The molecule has 0 saturated heterocycles. The molecule has 2 aromatic heterocycles. The second-order valence-corrected chi connectivity index (χ2v) is 4.46. The van der Waals surface area contributed by atoms with Crippen LogP contribution >= 0.6 is 0 Å². The van der Waals surface area contributed by atoms with Crippen molar-refractivity contribution in [1.82, 2.24) is 15.2 Å². The number of nitrogens with one attached hydrogen (secondary N) is 2. The Bertz CT molecular complexity index is 521. The minimum Gasteiger partial charge on any atom is -0.284 e. The minimum absolute atomic E-state index is 0.117. The molecule has 2 aromatic rings. The Balaban J connectivity index is 2.29. The Kier molecular flexibility index (Phi) is 2.38. The number of nitrogens with zero attached hydrogens (tertiary/aromatic N) is 2. The number of pyridine rings is 1. The quantitative estimate of drug-likeness (QED) is 0.799. The van der Waals surface area contributed by atoms with Gasteiger partial charge >= 0.3 is 0 Å². The zero-order valence-corrected chi connectivity index (χ0v) is 8.40. The van der Waals surface area contributed by atoms with Gasteiger partial charge in [0, 0.05) is 18.6 Å². The second kappa shape index (κ2) is 3.70. The monoisotopic (exact) mass is 224 g/mol. The number of hydrogen-bond donors (Lipinski definition) is 2. The first kappa shape index (κ1) is 9.66. The van der Waals surface area contributed by atoms with Gasteiger partial charge in [0.1, 0.15) is 4.90 Å². The highest BCUT2D eigenvalue weighted by Gasteiger charge is 2.13. The fourth-order valence-electron chi connectivity index (χ4n) is 1.03. The Morgan fingerprint density at radius 1 is 1.33 bits per heavy atom. The van der Waals surface area contributed by atoms with E-state index in [4.69, 9.17) is 0 Å². The third-order valence-corrected chi connectivity index (χ3v) is 3.06. The van der Waals surface area contributed by atoms with E-state index in [1.165, 1.54) is 30.9 Å². The first-order valence-corrected chi connectivity index (χ1v) is 5.58. The highest BCUT2D eigenvalue weighted by atomic mass is 32.2. The Hall–Kier alpha value is -1.89. The Morgan fingerprint density at radius 2 is 2.20 bits per heavy atom. The molecule has 2 N–H and O–H groups in total. The maximum absolute atomic E-state index is 11.7. The molecular weight excluding hydrogens is 216 g/mol. The van der Waals surface area contributed by atoms with Crippen molar-refractivity contribution in [3.05, 3.63) is 36.9 Å². The summed E-state index contributed by atoms with van der Waals surface area (Å²) in [7, 11) is -3.56. The van der Waals surface area contributed by atoms with Crippen LogP contribution < -0.4 is 4.72 Å². The van der Waals surface area contributed by atoms with Gasteiger partial charge in [-0.3, -0.25) is 14.8 Å². The van der Waals surface area contributed by atoms with E-state index in [0.717, 1.165) is 0 Å². The van der Waals surface area contributed by atoms with Crippen LogP contribution in [0.15, 0.2) is 41.8 Å². The zero-order valence-electron chi connectivity index (χ0n) is 7.58. The summed E-state index contributed by atoms with van der Waals surface area (Å²) in [6, 6.07) is 3.03. The van der Waals surface area contributed by atoms with E-state index in [0.29, 0.717) is 5.69 Å². The number of aromatic nitrogens is 3. The first-order valence-electron chi connectivity index (χ1n) is 4.10. The third-order valence-electron chi connectivity index (χ3n) is 1.70. The summed E-state index contributed by atoms with van der Waals surface area (Å²) in [4.78, 5) is 3.85. The molecule has 0 bridgehead atoms. The standard InChI is InChI=1S/C8H8N4O2S/c13-15(14,8-2-1-3-9-6-8)12-7-4-10-11-5-7/h1-6,12H,(H,10,11). The number of hydrogen-bond acceptors (Lipinski definition) is 4. The molecule has 2 rings (SSSR count). The predicted molar refractivity (Wildman–Crippen MR) is 53.6 cm³/mol. The number of aromatic amines is 1. The van der Waals surface area contributed by atoms with Gasteiger partial charge in [-0.25, -0.2) is 8.42 Å². The van der Waals surface area contributed by atoms with Crippen molar-refractivity contribution in [2.45, 2.75) is 4.90 Å². The van der Waals surface area contributed by atoms with Crippen molar-refractivity contribution < 1.29 is 8.42 Å². The molecule has 6 nitrogen and oxygen atoms in total. The van der Waals surface area contributed by atoms with Gasteiger partial charge in [-0.05, 0) is 12.1 Å². The molecule has 0 aromatic carbocycles. The largest absolute Gasteiger partial charge is 0.284 e. The molecule has 7 heteroatoms. The predicted octanol–water partition coefficient (Wildman–Crippen LogP) is 0.605. The van der Waals surface area contributed by atoms with Crippen molar-refractivity contribution >= 4 is 15.7 Å². The number of H-pyrrole nitrogens is 1. The molecule has 0 aliphatic rings. The van der Waals surface area contributed by atoms with Gasteiger partial charge in [0.25, 0.3) is 10.0 Å². The van der Waals surface area contributed by atoms with Crippen molar-refractivity contribution in [2.24, 2.45) is 0 Å². The molecule has 0 atom stereocenters. The van der Waals surface area contributed by atoms with E-state index >= 15 is 0 Å². The van der Waals surface area contributed by atoms with Crippen LogP contribution in [0.1, 0.15) is 0 Å². The van der Waals surface area contributed by atoms with Gasteiger partial charge in [-0.15, -0.1) is 0 Å². The molecule has 0 spiro atoms. The Morgan fingerprint density at radius 3 is 2.80 bits per heavy atom. The van der Waals surface area contributed by atoms with E-state index < -0.39 is 10.0 Å². The van der Waals surface area contributed by atoms with E-state index in [9.17, 15) is 8.42 Å². The van der Waals surface area contributed by atoms with E-state index in [-0.39, 0.29) is 4.90 Å². The van der Waals surface area contributed by atoms with E-state index in [1.807, 2.05) is 0 Å². The topological polar surface area (TPSA) is 87.7 Å². The van der Waals surface area contributed by atoms with Crippen LogP contribution in [0.5, 0.6) is 0 Å². The molecule has 2 heterocycles. The molecule has 0 radical (unpaired) electrons. The number of anilines is 1. The fourth-order valence-corrected chi connectivity index (χ4v) is 2.02. The molecular formula is C8H8N4O2S. The number of sulfonamides is 1. The minimum atomic E-state index is -3.56. The van der Waals surface area contributed by atoms with Crippen LogP contribution in [-0.2, 0) is 10.0 Å². The van der Waals surface area contributed by atoms with E-state index in [1.54, 1.807) is 6.07 Å². The summed E-state index contributed by atoms with van der Waals surface area (Å²) in [5.41, 5.74) is 0.388. The first-order chi connectivity index (χ1) is 7.18. The van der Waals surface area contributed by atoms with Gasteiger partial charge in [0.05, 0.1) is 11.9 Å². The van der Waals surface area contributed by atoms with Gasteiger partial charge in [-0.1, -0.05) is 0 Å². The van der Waals surface area contributed by atoms with Crippen LogP contribution in [-0.4, -0.2) is 23.6 Å². The van der Waals surface area contributed by atoms with Gasteiger partial charge in [0.15, 0.2) is 0 Å². The third kappa shape index (κ3) is 2.13. The highest BCUT2D eigenvalue weighted by Crippen LogP contribution is 2.12. The summed E-state index contributed by atoms with van der Waals surface area (Å²) >= 11 is 0. The fraction of sp³-hybridized carbons (Fsp3) is 0. The number of rotatable bonds is 3. The van der Waals surface area contributed by atoms with E-state index in [2.05, 4.69) is 19.9 Å². The summed E-state index contributed by atoms with van der Waals surface area (Å²) in [6.45, 7) is 0. The van der Waals surface area contributed by atoms with Gasteiger partial charge < -0.3 is 0 Å². The van der Waals surface area contributed by atoms with Gasteiger partial charge in [0.2, 0.25) is 0 Å². The lowest BCUT2D eigenvalue weighted by molar-refractivity contribution is 0.601. The molecule has 0 amide bonds. The summed E-state index contributed by atoms with van der Waals surface area (Å²) in [5.74, 6) is 0. The van der Waals surface area contributed by atoms with Crippen LogP contribution in [0.4, 0.5) is 5.69 Å². The van der Waals surface area contributed by atoms with Crippen molar-refractivity contribution in [1.29, 1.82) is 0 Å². The summed E-state index contributed by atoms with van der Waals surface area (Å²) in [5, 5.41) is 6.14. The van der Waals surface area contributed by atoms with Crippen LogP contribution in [0.3, 0.4) is 0 Å². The summed E-state index contributed by atoms with van der Waals surface area (Å²) < 4.78 is 25.8. The van der Waals surface area contributed by atoms with Crippen LogP contribution in [0.2, 0.25) is 0 Å². The average molecular weight is 224 g/mol. The maximum Gasteiger partial charge on any atom is 0.263 e. The van der Waals surface area contributed by atoms with Crippen LogP contribution in [0, 0.1) is 0 Å². The average Bonchev–Trinajstić information content (AvgIpc) is 2.71. The Labute approximate surface area is 86.4 Å². The second-order valence-electron chi connectivity index (χ2n) is 2.78. The molecule has 78 valence electrons. The molecule has 15 heavy (non-hydrogen) atoms. The SMILES string of the molecule is O=S(=O)(Nc1cn[nH]c1)c1cccnc1. The normalized spacial score (nSPS) is 11.2. The summed E-state index contributed by atoms with van der Waals surface area (Å²) in [6.07, 6.45) is 5.63. The maximum atomic E-state index is 11.7. The lowest BCUT2D eigenvalue weighted by Gasteiger charge is -2.04. The molecule has 0 aliphatic heterocycles. The smallest absolute Gasteiger partial charge is 0.263 e. The highest BCUT2D eigenvalue weighted by molar-refractivity contribution is 7.92. The lowest BCUT2D eigenvalue weighted by Crippen LogP contribution is -2.12. The molecule has 0 fully saturated rings. The van der Waals surface area contributed by atoms with Crippen molar-refractivity contribution in [2.75, 3.05) is 4.72 Å². The zero-order chi connectivity index (χ0) is 10.7. The van der Waals surface area contributed by atoms with Crippen molar-refractivity contribution in [3.8, 4) is 0 Å². The van der Waals surface area contributed by atoms with Gasteiger partial charge in [-0.2, -0.15) is 5.10 Å². The van der Waals surface area contributed by atoms with Crippen molar-refractivity contribution in [3.63, 3.8) is 0 Å². The molecule has 0 unspecified atom stereocenters.